The number of nitrogens with two attached hydrogens (primary N) is 1. The number of hydrogen-bond acceptors (Lipinski definition) is 11. The summed E-state index contributed by atoms with van der Waals surface area (Å²) in [5.74, 6) is -5.53. The molecule has 0 aliphatic carbocycles. The Kier molecular flexibility index (Phi) is 8.57. The summed E-state index contributed by atoms with van der Waals surface area (Å²) in [7, 11) is 0. The molecule has 1 aromatic rings. The summed E-state index contributed by atoms with van der Waals surface area (Å²) in [4.78, 5) is 71.6. The summed E-state index contributed by atoms with van der Waals surface area (Å²) in [5.41, 5.74) is 4.68. The number of oxime groups is 1. The van der Waals surface area contributed by atoms with Crippen LogP contribution in [0.3, 0.4) is 0 Å². The van der Waals surface area contributed by atoms with Crippen LogP contribution < -0.4 is 11.1 Å². The first-order valence-corrected chi connectivity index (χ1v) is 13.6. The van der Waals surface area contributed by atoms with E-state index in [2.05, 4.69) is 20.3 Å². The normalized spacial score (nSPS) is 22.4. The number of nitrogens with zero attached hydrogens (tertiary/aromatic N) is 4. The minimum Gasteiger partial charge on any atom is -0.479 e. The van der Waals surface area contributed by atoms with Crippen molar-refractivity contribution in [1.29, 1.82) is 0 Å². The van der Waals surface area contributed by atoms with E-state index < -0.39 is 71.8 Å². The second-order valence-electron chi connectivity index (χ2n) is 8.83. The summed E-state index contributed by atoms with van der Waals surface area (Å²) < 4.78 is 38.6. The molecule has 2 atom stereocenters. The van der Waals surface area contributed by atoms with Gasteiger partial charge in [-0.1, -0.05) is 5.16 Å². The number of fused-ring (bicyclic) bond motifs is 1. The second-order valence-corrected chi connectivity index (χ2v) is 10.8. The maximum Gasteiger partial charge on any atom is 0.406 e. The molecule has 2 saturated heterocycles. The standard InChI is InChI=1S/C22H21F3N6O8S2/c23-22(24,25)8-30-3-1-2-9(17(30)35)4-10-6-40-19-14(18(36)31(19)15(10)20(37)38)28-16(34)13(29-39-5-12(32)33)11-7-41-21(26)27-11/h4,7,14,19H,1-3,5-6,8H2,(H2,26,27)(H,28,34)(H,32,33)(H,37,38)/b9-4+,29-13-/t14-,19-/m1/s1. The SMILES string of the molecule is Nc1nc(/C(=N/OCC(=O)O)C(=O)N[C@@H]2C(=O)N3C(C(=O)O)=C(/C=C4\CCCN(CC(F)(F)F)C4=O)CS[C@H]23)cs1. The molecule has 3 aliphatic rings. The van der Waals surface area contributed by atoms with Crippen molar-refractivity contribution in [2.24, 2.45) is 5.16 Å². The molecule has 3 aliphatic heterocycles. The first kappa shape index (κ1) is 29.8. The van der Waals surface area contributed by atoms with Gasteiger partial charge >= 0.3 is 18.1 Å². The Hall–Kier alpha value is -4.13. The molecule has 19 heteroatoms. The summed E-state index contributed by atoms with van der Waals surface area (Å²) in [6, 6.07) is -1.21. The van der Waals surface area contributed by atoms with Crippen molar-refractivity contribution in [3.05, 3.63) is 34.0 Å². The van der Waals surface area contributed by atoms with E-state index in [1.165, 1.54) is 11.5 Å². The van der Waals surface area contributed by atoms with Crippen molar-refractivity contribution in [3.8, 4) is 0 Å². The molecule has 4 rings (SSSR count). The number of likely N-dealkylation sites (tertiary alicyclic amines) is 1. The Morgan fingerprint density at radius 2 is 2.02 bits per heavy atom. The Balaban J connectivity index is 1.54. The van der Waals surface area contributed by atoms with Gasteiger partial charge in [0.1, 0.15) is 29.4 Å². The Labute approximate surface area is 236 Å². The number of thioether (sulfide) groups is 1. The molecule has 0 saturated carbocycles. The number of anilines is 1. The van der Waals surface area contributed by atoms with Crippen LogP contribution in [0.4, 0.5) is 18.3 Å². The average Bonchev–Trinajstić information content (AvgIpc) is 3.31. The van der Waals surface area contributed by atoms with Crippen LogP contribution in [0.25, 0.3) is 0 Å². The molecule has 0 unspecified atom stereocenters. The van der Waals surface area contributed by atoms with Crippen LogP contribution in [-0.2, 0) is 28.8 Å². The number of carboxylic acid groups (broad SMARTS) is 2. The third kappa shape index (κ3) is 6.62. The molecule has 5 N–H and O–H groups in total. The van der Waals surface area contributed by atoms with Gasteiger partial charge < -0.3 is 31.0 Å². The molecule has 0 aromatic carbocycles. The quantitative estimate of drug-likeness (QED) is 0.129. The molecule has 2 fully saturated rings. The maximum absolute atomic E-state index is 13.0. The number of alkyl halides is 3. The van der Waals surface area contributed by atoms with Gasteiger partial charge in [0.25, 0.3) is 11.8 Å². The van der Waals surface area contributed by atoms with Crippen LogP contribution in [0, 0.1) is 0 Å². The highest BCUT2D eigenvalue weighted by Crippen LogP contribution is 2.41. The van der Waals surface area contributed by atoms with Gasteiger partial charge in [-0.05, 0) is 24.5 Å². The highest BCUT2D eigenvalue weighted by atomic mass is 32.2. The molecular weight excluding hydrogens is 597 g/mol. The lowest BCUT2D eigenvalue weighted by Crippen LogP contribution is -2.71. The average molecular weight is 619 g/mol. The highest BCUT2D eigenvalue weighted by Gasteiger charge is 2.54. The number of hydrogen-bond donors (Lipinski definition) is 4. The number of nitrogens with one attached hydrogen (secondary N) is 1. The van der Waals surface area contributed by atoms with E-state index in [0.29, 0.717) is 4.90 Å². The molecule has 0 spiro atoms. The molecule has 0 bridgehead atoms. The van der Waals surface area contributed by atoms with E-state index >= 15 is 0 Å². The smallest absolute Gasteiger partial charge is 0.406 e. The van der Waals surface area contributed by atoms with Gasteiger partial charge in [-0.3, -0.25) is 19.3 Å². The number of amides is 3. The summed E-state index contributed by atoms with van der Waals surface area (Å²) in [6.07, 6.45) is -2.99. The number of rotatable bonds is 9. The Morgan fingerprint density at radius 1 is 1.29 bits per heavy atom. The molecule has 41 heavy (non-hydrogen) atoms. The fraction of sp³-hybridized carbons (Fsp3) is 0.409. The fourth-order valence-corrected chi connectivity index (χ4v) is 6.15. The lowest BCUT2D eigenvalue weighted by Gasteiger charge is -2.49. The molecule has 220 valence electrons. The van der Waals surface area contributed by atoms with E-state index in [0.717, 1.165) is 28.0 Å². The van der Waals surface area contributed by atoms with Crippen LogP contribution in [0.5, 0.6) is 0 Å². The number of aliphatic carboxylic acids is 2. The maximum atomic E-state index is 13.0. The van der Waals surface area contributed by atoms with E-state index in [1.54, 1.807) is 0 Å². The van der Waals surface area contributed by atoms with E-state index in [-0.39, 0.29) is 47.1 Å². The zero-order chi connectivity index (χ0) is 30.1. The number of β-lactam (4-membered cyclic amide) rings is 1. The predicted octanol–water partition coefficient (Wildman–Crippen LogP) is 0.380. The number of carbonyl (C=O) groups is 5. The third-order valence-electron chi connectivity index (χ3n) is 5.97. The molecule has 4 heterocycles. The van der Waals surface area contributed by atoms with Crippen molar-refractivity contribution in [2.75, 3.05) is 31.2 Å². The Morgan fingerprint density at radius 3 is 2.63 bits per heavy atom. The van der Waals surface area contributed by atoms with E-state index in [9.17, 15) is 42.3 Å². The van der Waals surface area contributed by atoms with Crippen LogP contribution in [0.1, 0.15) is 18.5 Å². The van der Waals surface area contributed by atoms with Crippen LogP contribution >= 0.6 is 23.1 Å². The minimum atomic E-state index is -4.60. The van der Waals surface area contributed by atoms with Gasteiger partial charge in [0.2, 0.25) is 12.5 Å². The number of aromatic nitrogens is 1. The van der Waals surface area contributed by atoms with Crippen LogP contribution in [-0.4, -0.2) is 103 Å². The van der Waals surface area contributed by atoms with Crippen LogP contribution in [0.15, 0.2) is 33.5 Å². The number of carbonyl (C=O) groups excluding carboxylic acids is 3. The number of nitrogen functional groups attached to an aromatic ring is 1. The lowest BCUT2D eigenvalue weighted by atomic mass is 9.98. The number of thiazole rings is 1. The van der Waals surface area contributed by atoms with Gasteiger partial charge in [0.05, 0.1) is 0 Å². The lowest BCUT2D eigenvalue weighted by molar-refractivity contribution is -0.160. The molecule has 0 radical (unpaired) electrons. The van der Waals surface area contributed by atoms with E-state index in [4.69, 9.17) is 10.8 Å². The summed E-state index contributed by atoms with van der Waals surface area (Å²) >= 11 is 2.03. The van der Waals surface area contributed by atoms with Crippen molar-refractivity contribution in [2.45, 2.75) is 30.4 Å². The number of carboxylic acids is 2. The van der Waals surface area contributed by atoms with Crippen molar-refractivity contribution < 1.29 is 52.2 Å². The van der Waals surface area contributed by atoms with Gasteiger partial charge in [-0.25, -0.2) is 14.6 Å². The summed E-state index contributed by atoms with van der Waals surface area (Å²) in [6.45, 7) is -2.40. The zero-order valence-electron chi connectivity index (χ0n) is 20.7. The van der Waals surface area contributed by atoms with Gasteiger partial charge in [-0.2, -0.15) is 13.2 Å². The predicted molar refractivity (Wildman–Crippen MR) is 136 cm³/mol. The largest absolute Gasteiger partial charge is 0.479 e. The van der Waals surface area contributed by atoms with Crippen LogP contribution in [0.2, 0.25) is 0 Å². The Bertz CT molecular complexity index is 1390. The first-order chi connectivity index (χ1) is 19.3. The van der Waals surface area contributed by atoms with Gasteiger partial charge in [0, 0.05) is 23.3 Å². The van der Waals surface area contributed by atoms with E-state index in [1.807, 2.05) is 0 Å². The molecular formula is C22H21F3N6O8S2. The topological polar surface area (TPSA) is 205 Å². The second kappa shape index (κ2) is 11.8. The molecule has 14 nitrogen and oxygen atoms in total. The monoisotopic (exact) mass is 618 g/mol. The first-order valence-electron chi connectivity index (χ1n) is 11.7. The van der Waals surface area contributed by atoms with Crippen molar-refractivity contribution >= 4 is 63.6 Å². The zero-order valence-corrected chi connectivity index (χ0v) is 22.3. The number of halogens is 3. The van der Waals surface area contributed by atoms with Gasteiger partial charge in [-0.15, -0.1) is 23.1 Å². The summed E-state index contributed by atoms with van der Waals surface area (Å²) in [5, 5.41) is 25.1. The third-order valence-corrected chi connectivity index (χ3v) is 7.94. The molecule has 1 aromatic heterocycles. The fourth-order valence-electron chi connectivity index (χ4n) is 4.30. The van der Waals surface area contributed by atoms with Gasteiger partial charge in [0.15, 0.2) is 10.8 Å². The minimum absolute atomic E-state index is 0.00382. The molecule has 3 amide bonds. The van der Waals surface area contributed by atoms with Crippen molar-refractivity contribution in [1.82, 2.24) is 20.1 Å². The number of allylic oxidation sites excluding steroid dienone is 1. The van der Waals surface area contributed by atoms with Crippen molar-refractivity contribution in [3.63, 3.8) is 0 Å². The number of piperidine rings is 1. The highest BCUT2D eigenvalue weighted by molar-refractivity contribution is 8.00.